The smallest absolute Gasteiger partial charge is 0.330 e. The van der Waals surface area contributed by atoms with Crippen LogP contribution in [0.5, 0.6) is 0 Å². The van der Waals surface area contributed by atoms with Crippen molar-refractivity contribution in [3.05, 3.63) is 72.3 Å². The first-order chi connectivity index (χ1) is 14.5. The van der Waals surface area contributed by atoms with Crippen LogP contribution in [0.2, 0.25) is 5.04 Å². The number of hydrogen-bond acceptors (Lipinski definition) is 3. The molecule has 0 fully saturated rings. The van der Waals surface area contributed by atoms with E-state index in [4.69, 9.17) is 9.16 Å². The topological polar surface area (TPSA) is 35.5 Å². The van der Waals surface area contributed by atoms with Gasteiger partial charge in [0, 0.05) is 12.7 Å². The number of hydrogen-bond donors (Lipinski definition) is 0. The Hall–Kier alpha value is -2.17. The van der Waals surface area contributed by atoms with Crippen molar-refractivity contribution in [1.82, 2.24) is 0 Å². The molecule has 0 aromatic heterocycles. The SMILES string of the molecule is CCOC(=O)/C=C(\C)C(C)(C)CCO[Si](c1ccccc1)(c1ccccc1)C(C)(C)C. The van der Waals surface area contributed by atoms with E-state index in [9.17, 15) is 4.79 Å². The van der Waals surface area contributed by atoms with Crippen LogP contribution in [-0.4, -0.2) is 27.5 Å². The Morgan fingerprint density at radius 3 is 1.81 bits per heavy atom. The lowest BCUT2D eigenvalue weighted by Crippen LogP contribution is -2.66. The summed E-state index contributed by atoms with van der Waals surface area (Å²) in [4.78, 5) is 11.9. The Kier molecular flexibility index (Phi) is 8.44. The molecule has 31 heavy (non-hydrogen) atoms. The van der Waals surface area contributed by atoms with Crippen LogP contribution in [0.4, 0.5) is 0 Å². The van der Waals surface area contributed by atoms with Crippen molar-refractivity contribution in [2.75, 3.05) is 13.2 Å². The van der Waals surface area contributed by atoms with E-state index >= 15 is 0 Å². The molecule has 168 valence electrons. The number of carbonyl (C=O) groups excluding carboxylic acids is 1. The monoisotopic (exact) mass is 438 g/mol. The Bertz CT molecular complexity index is 825. The molecule has 0 spiro atoms. The molecule has 0 unspecified atom stereocenters. The first-order valence-corrected chi connectivity index (χ1v) is 13.1. The van der Waals surface area contributed by atoms with Crippen LogP contribution < -0.4 is 10.4 Å². The summed E-state index contributed by atoms with van der Waals surface area (Å²) in [6.45, 7) is 16.0. The third kappa shape index (κ3) is 5.96. The number of ether oxygens (including phenoxy) is 1. The van der Waals surface area contributed by atoms with E-state index in [-0.39, 0.29) is 16.4 Å². The van der Waals surface area contributed by atoms with E-state index in [0.717, 1.165) is 12.0 Å². The second-order valence-electron chi connectivity index (χ2n) is 9.72. The van der Waals surface area contributed by atoms with E-state index in [0.29, 0.717) is 13.2 Å². The van der Waals surface area contributed by atoms with Crippen molar-refractivity contribution in [2.24, 2.45) is 5.41 Å². The highest BCUT2D eigenvalue weighted by molar-refractivity contribution is 6.99. The molecular formula is C27H38O3Si. The Morgan fingerprint density at radius 2 is 1.39 bits per heavy atom. The van der Waals surface area contributed by atoms with E-state index in [1.165, 1.54) is 10.4 Å². The summed E-state index contributed by atoms with van der Waals surface area (Å²) >= 11 is 0. The Balaban J connectivity index is 2.36. The summed E-state index contributed by atoms with van der Waals surface area (Å²) < 4.78 is 12.1. The summed E-state index contributed by atoms with van der Waals surface area (Å²) in [5.41, 5.74) is 0.843. The highest BCUT2D eigenvalue weighted by Crippen LogP contribution is 2.38. The van der Waals surface area contributed by atoms with Gasteiger partial charge in [0.25, 0.3) is 8.32 Å². The predicted molar refractivity (Wildman–Crippen MR) is 132 cm³/mol. The Morgan fingerprint density at radius 1 is 0.903 bits per heavy atom. The van der Waals surface area contributed by atoms with Gasteiger partial charge >= 0.3 is 5.97 Å². The number of rotatable bonds is 9. The lowest BCUT2D eigenvalue weighted by atomic mass is 9.82. The zero-order valence-electron chi connectivity index (χ0n) is 20.2. The average Bonchev–Trinajstić information content (AvgIpc) is 2.71. The maximum Gasteiger partial charge on any atom is 0.330 e. The lowest BCUT2D eigenvalue weighted by molar-refractivity contribution is -0.137. The van der Waals surface area contributed by atoms with Crippen molar-refractivity contribution >= 4 is 24.7 Å². The molecule has 0 aliphatic carbocycles. The minimum absolute atomic E-state index is 0.0460. The van der Waals surface area contributed by atoms with Crippen LogP contribution in [0.1, 0.15) is 54.9 Å². The van der Waals surface area contributed by atoms with Gasteiger partial charge in [-0.3, -0.25) is 0 Å². The molecule has 2 aromatic carbocycles. The number of carbonyl (C=O) groups is 1. The molecule has 3 nitrogen and oxygen atoms in total. The van der Waals surface area contributed by atoms with Crippen LogP contribution in [0.25, 0.3) is 0 Å². The molecule has 4 heteroatoms. The number of benzene rings is 2. The molecule has 0 aliphatic rings. The third-order valence-corrected chi connectivity index (χ3v) is 11.2. The molecule has 2 rings (SSSR count). The summed E-state index contributed by atoms with van der Waals surface area (Å²) in [5, 5.41) is 2.52. The summed E-state index contributed by atoms with van der Waals surface area (Å²) in [6.07, 6.45) is 2.44. The predicted octanol–water partition coefficient (Wildman–Crippen LogP) is 5.49. The third-order valence-electron chi connectivity index (χ3n) is 6.15. The van der Waals surface area contributed by atoms with E-state index in [1.54, 1.807) is 6.08 Å². The summed E-state index contributed by atoms with van der Waals surface area (Å²) in [5.74, 6) is -0.277. The zero-order valence-corrected chi connectivity index (χ0v) is 21.2. The molecule has 2 aromatic rings. The second kappa shape index (κ2) is 10.4. The molecule has 0 aliphatic heterocycles. The maximum absolute atomic E-state index is 11.9. The minimum atomic E-state index is -2.54. The molecular weight excluding hydrogens is 400 g/mol. The van der Waals surface area contributed by atoms with Crippen molar-refractivity contribution in [3.8, 4) is 0 Å². The molecule has 0 saturated heterocycles. The van der Waals surface area contributed by atoms with Gasteiger partial charge in [-0.1, -0.05) is 101 Å². The number of allylic oxidation sites excluding steroid dienone is 1. The molecule has 0 atom stereocenters. The van der Waals surface area contributed by atoms with Crippen LogP contribution in [0, 0.1) is 5.41 Å². The second-order valence-corrected chi connectivity index (χ2v) is 14.0. The van der Waals surface area contributed by atoms with Gasteiger partial charge in [0.05, 0.1) is 6.61 Å². The zero-order chi connectivity index (χ0) is 23.1. The molecule has 0 bridgehead atoms. The van der Waals surface area contributed by atoms with Crippen molar-refractivity contribution in [2.45, 2.75) is 59.9 Å². The van der Waals surface area contributed by atoms with Crippen molar-refractivity contribution in [1.29, 1.82) is 0 Å². The van der Waals surface area contributed by atoms with Crippen LogP contribution in [0.3, 0.4) is 0 Å². The highest BCUT2D eigenvalue weighted by atomic mass is 28.4. The molecule has 0 radical (unpaired) electrons. The first-order valence-electron chi connectivity index (χ1n) is 11.1. The average molecular weight is 439 g/mol. The van der Waals surface area contributed by atoms with Gasteiger partial charge in [-0.2, -0.15) is 0 Å². The summed E-state index contributed by atoms with van der Waals surface area (Å²) in [7, 11) is -2.54. The fourth-order valence-corrected chi connectivity index (χ4v) is 8.54. The van der Waals surface area contributed by atoms with Gasteiger partial charge in [0.2, 0.25) is 0 Å². The molecule has 0 N–H and O–H groups in total. The van der Waals surface area contributed by atoms with Gasteiger partial charge in [0.1, 0.15) is 0 Å². The largest absolute Gasteiger partial charge is 0.463 e. The Labute approximate surface area is 189 Å². The standard InChI is InChI=1S/C27H38O3Si/c1-8-29-25(28)21-22(2)27(6,7)19-20-30-31(26(3,4)5,23-15-11-9-12-16-23)24-17-13-10-14-18-24/h9-18,21H,8,19-20H2,1-7H3/b22-21+. The van der Waals surface area contributed by atoms with Gasteiger partial charge in [0.15, 0.2) is 0 Å². The van der Waals surface area contributed by atoms with E-state index in [1.807, 2.05) is 13.8 Å². The van der Waals surface area contributed by atoms with E-state index < -0.39 is 8.32 Å². The van der Waals surface area contributed by atoms with Gasteiger partial charge in [-0.05, 0) is 41.1 Å². The van der Waals surface area contributed by atoms with Crippen LogP contribution >= 0.6 is 0 Å². The molecule has 0 amide bonds. The first kappa shape index (κ1) is 25.1. The highest BCUT2D eigenvalue weighted by Gasteiger charge is 2.50. The van der Waals surface area contributed by atoms with Crippen LogP contribution in [-0.2, 0) is 14.0 Å². The number of esters is 1. The van der Waals surface area contributed by atoms with Gasteiger partial charge in [-0.15, -0.1) is 0 Å². The molecule has 0 saturated carbocycles. The lowest BCUT2D eigenvalue weighted by Gasteiger charge is -2.43. The summed E-state index contributed by atoms with van der Waals surface area (Å²) in [6, 6.07) is 21.4. The van der Waals surface area contributed by atoms with Crippen LogP contribution in [0.15, 0.2) is 72.3 Å². The van der Waals surface area contributed by atoms with Gasteiger partial charge in [-0.25, -0.2) is 4.79 Å². The van der Waals surface area contributed by atoms with Gasteiger partial charge < -0.3 is 9.16 Å². The van der Waals surface area contributed by atoms with E-state index in [2.05, 4.69) is 95.3 Å². The maximum atomic E-state index is 11.9. The fraction of sp³-hybridized carbons (Fsp3) is 0.444. The molecule has 0 heterocycles. The quantitative estimate of drug-likeness (QED) is 0.295. The normalized spacial score (nSPS) is 13.2. The fourth-order valence-electron chi connectivity index (χ4n) is 3.97. The van der Waals surface area contributed by atoms with Crippen molar-refractivity contribution in [3.63, 3.8) is 0 Å². The minimum Gasteiger partial charge on any atom is -0.463 e. The van der Waals surface area contributed by atoms with Crippen molar-refractivity contribution < 1.29 is 14.0 Å².